The van der Waals surface area contributed by atoms with E-state index >= 15 is 0 Å². The van der Waals surface area contributed by atoms with Crippen molar-refractivity contribution >= 4 is 28.7 Å². The van der Waals surface area contributed by atoms with Gasteiger partial charge < -0.3 is 16.0 Å². The Hall–Kier alpha value is -2.68. The average Bonchev–Trinajstić information content (AvgIpc) is 3.04. The molecule has 1 heterocycles. The van der Waals surface area contributed by atoms with E-state index in [0.29, 0.717) is 25.3 Å². The van der Waals surface area contributed by atoms with Crippen LogP contribution in [-0.2, 0) is 6.42 Å². The Balaban J connectivity index is 1.79. The molecule has 0 bridgehead atoms. The average molecular weight is 376 g/mol. The number of aryl methyl sites for hydroxylation is 1. The first kappa shape index (κ1) is 19.6. The number of nitro benzene ring substituents is 1. The topological polar surface area (TPSA) is 104 Å². The van der Waals surface area contributed by atoms with Crippen LogP contribution >= 0.6 is 11.3 Å². The van der Waals surface area contributed by atoms with Gasteiger partial charge in [-0.1, -0.05) is 12.1 Å². The summed E-state index contributed by atoms with van der Waals surface area (Å²) in [6.07, 6.45) is 0.801. The quantitative estimate of drug-likeness (QED) is 0.204. The Bertz CT molecular complexity index is 746. The Labute approximate surface area is 156 Å². The summed E-state index contributed by atoms with van der Waals surface area (Å²) in [7, 11) is 0. The van der Waals surface area contributed by atoms with Gasteiger partial charge in [0, 0.05) is 44.0 Å². The fourth-order valence-corrected chi connectivity index (χ4v) is 2.95. The van der Waals surface area contributed by atoms with Crippen LogP contribution in [0.3, 0.4) is 0 Å². The Morgan fingerprint density at radius 3 is 2.81 bits per heavy atom. The molecule has 2 rings (SSSR count). The van der Waals surface area contributed by atoms with Gasteiger partial charge in [-0.2, -0.15) is 0 Å². The van der Waals surface area contributed by atoms with Crippen LogP contribution in [-0.4, -0.2) is 42.0 Å². The van der Waals surface area contributed by atoms with Crippen LogP contribution in [0.5, 0.6) is 0 Å². The van der Waals surface area contributed by atoms with Gasteiger partial charge in [0.05, 0.1) is 15.6 Å². The highest BCUT2D eigenvalue weighted by atomic mass is 32.1. The maximum absolute atomic E-state index is 11.0. The molecule has 2 aromatic rings. The molecule has 0 aliphatic heterocycles. The van der Waals surface area contributed by atoms with Gasteiger partial charge in [-0.25, -0.2) is 4.98 Å². The molecule has 0 radical (unpaired) electrons. The van der Waals surface area contributed by atoms with Gasteiger partial charge >= 0.3 is 0 Å². The molecule has 8 nitrogen and oxygen atoms in total. The van der Waals surface area contributed by atoms with Crippen LogP contribution in [0, 0.1) is 17.0 Å². The molecule has 0 aliphatic carbocycles. The van der Waals surface area contributed by atoms with E-state index in [1.54, 1.807) is 29.5 Å². The largest absolute Gasteiger partial charge is 0.378 e. The predicted octanol–water partition coefficient (Wildman–Crippen LogP) is 2.57. The number of thiazole rings is 1. The van der Waals surface area contributed by atoms with Gasteiger partial charge in [-0.05, 0) is 19.9 Å². The van der Waals surface area contributed by atoms with Gasteiger partial charge in [-0.3, -0.25) is 15.1 Å². The van der Waals surface area contributed by atoms with E-state index in [0.717, 1.165) is 29.6 Å². The first-order chi connectivity index (χ1) is 12.6. The second kappa shape index (κ2) is 10.3. The smallest absolute Gasteiger partial charge is 0.292 e. The fraction of sp³-hybridized carbons (Fsp3) is 0.412. The molecule has 1 aromatic carbocycles. The molecule has 3 N–H and O–H groups in total. The summed E-state index contributed by atoms with van der Waals surface area (Å²) in [5, 5.41) is 23.6. The Kier molecular flexibility index (Phi) is 7.81. The Morgan fingerprint density at radius 2 is 2.12 bits per heavy atom. The van der Waals surface area contributed by atoms with Crippen molar-refractivity contribution in [3.8, 4) is 0 Å². The lowest BCUT2D eigenvalue weighted by Gasteiger charge is -2.12. The number of nitrogens with one attached hydrogen (secondary N) is 3. The van der Waals surface area contributed by atoms with E-state index in [4.69, 9.17) is 0 Å². The molecule has 0 saturated heterocycles. The lowest BCUT2D eigenvalue weighted by atomic mass is 10.2. The highest BCUT2D eigenvalue weighted by molar-refractivity contribution is 7.09. The molecule has 0 aliphatic rings. The second-order valence-corrected chi connectivity index (χ2v) is 6.56. The fourth-order valence-electron chi connectivity index (χ4n) is 2.31. The third-order valence-electron chi connectivity index (χ3n) is 3.48. The van der Waals surface area contributed by atoms with Gasteiger partial charge in [0.1, 0.15) is 5.69 Å². The molecule has 0 atom stereocenters. The van der Waals surface area contributed by atoms with Crippen molar-refractivity contribution < 1.29 is 4.92 Å². The van der Waals surface area contributed by atoms with Crippen LogP contribution in [0.15, 0.2) is 34.6 Å². The lowest BCUT2D eigenvalue weighted by Crippen LogP contribution is -2.39. The summed E-state index contributed by atoms with van der Waals surface area (Å²) in [5.74, 6) is 0.726. The number of guanidine groups is 1. The number of hydrogen-bond donors (Lipinski definition) is 3. The van der Waals surface area contributed by atoms with Crippen LogP contribution in [0.25, 0.3) is 0 Å². The van der Waals surface area contributed by atoms with E-state index in [1.807, 2.05) is 13.8 Å². The number of nitro groups is 1. The van der Waals surface area contributed by atoms with E-state index in [2.05, 4.69) is 31.3 Å². The van der Waals surface area contributed by atoms with E-state index in [9.17, 15) is 10.1 Å². The van der Waals surface area contributed by atoms with Gasteiger partial charge in [-0.15, -0.1) is 11.3 Å². The highest BCUT2D eigenvalue weighted by Gasteiger charge is 2.11. The van der Waals surface area contributed by atoms with E-state index in [1.165, 1.54) is 6.07 Å². The molecular weight excluding hydrogens is 352 g/mol. The molecule has 0 fully saturated rings. The third kappa shape index (κ3) is 6.32. The summed E-state index contributed by atoms with van der Waals surface area (Å²) < 4.78 is 0. The Morgan fingerprint density at radius 1 is 1.31 bits per heavy atom. The second-order valence-electron chi connectivity index (χ2n) is 5.50. The zero-order valence-corrected chi connectivity index (χ0v) is 15.8. The third-order valence-corrected chi connectivity index (χ3v) is 4.30. The minimum atomic E-state index is -0.387. The maximum Gasteiger partial charge on any atom is 0.292 e. The number of nitrogens with zero attached hydrogens (tertiary/aromatic N) is 3. The van der Waals surface area contributed by atoms with Crippen molar-refractivity contribution in [2.45, 2.75) is 20.3 Å². The van der Waals surface area contributed by atoms with Crippen molar-refractivity contribution in [1.29, 1.82) is 0 Å². The minimum Gasteiger partial charge on any atom is -0.378 e. The summed E-state index contributed by atoms with van der Waals surface area (Å²) in [6, 6.07) is 6.62. The number of hydrogen-bond acceptors (Lipinski definition) is 6. The molecule has 26 heavy (non-hydrogen) atoms. The number of aromatic nitrogens is 1. The van der Waals surface area contributed by atoms with Crippen molar-refractivity contribution in [2.75, 3.05) is 31.5 Å². The van der Waals surface area contributed by atoms with Crippen molar-refractivity contribution in [3.05, 3.63) is 50.5 Å². The van der Waals surface area contributed by atoms with Gasteiger partial charge in [0.25, 0.3) is 5.69 Å². The van der Waals surface area contributed by atoms with Crippen LogP contribution in [0.4, 0.5) is 11.4 Å². The molecule has 1 aromatic heterocycles. The standard InChI is InChI=1S/C17H24N6O2S/c1-3-18-17(20-9-8-14-12-26-13(2)22-14)21-11-10-19-15-6-4-5-7-16(15)23(24)25/h4-7,12,19H,3,8-11H2,1-2H3,(H2,18,20,21). The molecule has 9 heteroatoms. The highest BCUT2D eigenvalue weighted by Crippen LogP contribution is 2.22. The van der Waals surface area contributed by atoms with Crippen LogP contribution in [0.2, 0.25) is 0 Å². The number of para-hydroxylation sites is 2. The predicted molar refractivity (Wildman–Crippen MR) is 106 cm³/mol. The van der Waals surface area contributed by atoms with Gasteiger partial charge in [0.2, 0.25) is 0 Å². The number of rotatable bonds is 9. The minimum absolute atomic E-state index is 0.0756. The molecule has 0 saturated carbocycles. The first-order valence-electron chi connectivity index (χ1n) is 8.50. The lowest BCUT2D eigenvalue weighted by molar-refractivity contribution is -0.384. The molecule has 0 amide bonds. The van der Waals surface area contributed by atoms with Gasteiger partial charge in [0.15, 0.2) is 5.96 Å². The zero-order chi connectivity index (χ0) is 18.8. The summed E-state index contributed by atoms with van der Waals surface area (Å²) in [5.41, 5.74) is 1.65. The maximum atomic E-state index is 11.0. The number of aliphatic imine (C=N–C) groups is 1. The zero-order valence-electron chi connectivity index (χ0n) is 15.0. The molecule has 140 valence electrons. The SMILES string of the molecule is CCNC(=NCCc1csc(C)n1)NCCNc1ccccc1[N+](=O)[O-]. The first-order valence-corrected chi connectivity index (χ1v) is 9.38. The molecule has 0 unspecified atom stereocenters. The van der Waals surface area contributed by atoms with Crippen LogP contribution < -0.4 is 16.0 Å². The van der Waals surface area contributed by atoms with Crippen LogP contribution in [0.1, 0.15) is 17.6 Å². The molecule has 0 spiro atoms. The number of benzene rings is 1. The summed E-state index contributed by atoms with van der Waals surface area (Å²) in [4.78, 5) is 19.6. The van der Waals surface area contributed by atoms with E-state index in [-0.39, 0.29) is 10.6 Å². The number of anilines is 1. The summed E-state index contributed by atoms with van der Waals surface area (Å²) >= 11 is 1.64. The molecular formula is C17H24N6O2S. The monoisotopic (exact) mass is 376 g/mol. The summed E-state index contributed by atoms with van der Waals surface area (Å²) in [6.45, 7) is 6.54. The van der Waals surface area contributed by atoms with E-state index < -0.39 is 0 Å². The van der Waals surface area contributed by atoms with Crippen molar-refractivity contribution in [3.63, 3.8) is 0 Å². The normalized spacial score (nSPS) is 11.2. The van der Waals surface area contributed by atoms with Crippen molar-refractivity contribution in [1.82, 2.24) is 15.6 Å². The van der Waals surface area contributed by atoms with Crippen molar-refractivity contribution in [2.24, 2.45) is 4.99 Å².